The molecule has 0 saturated carbocycles. The third kappa shape index (κ3) is 10.3. The van der Waals surface area contributed by atoms with Gasteiger partial charge in [0.25, 0.3) is 0 Å². The van der Waals surface area contributed by atoms with E-state index in [2.05, 4.69) is 0 Å². The lowest BCUT2D eigenvalue weighted by atomic mass is 9.93. The van der Waals surface area contributed by atoms with Gasteiger partial charge in [0.05, 0.1) is 5.92 Å². The number of ether oxygens (including phenoxy) is 2. The minimum atomic E-state index is -0.540. The Balaban J connectivity index is 2.76. The maximum Gasteiger partial charge on any atom is 0.410 e. The van der Waals surface area contributed by atoms with E-state index in [9.17, 15) is 9.59 Å². The fourth-order valence-corrected chi connectivity index (χ4v) is 2.86. The van der Waals surface area contributed by atoms with Crippen LogP contribution in [0.2, 0.25) is 0 Å². The number of hydrogen-bond acceptors (Lipinski definition) is 5. The first-order chi connectivity index (χ1) is 13.3. The van der Waals surface area contributed by atoms with Crippen LogP contribution >= 0.6 is 0 Å². The molecule has 0 aliphatic heterocycles. The zero-order valence-corrected chi connectivity index (χ0v) is 19.1. The van der Waals surface area contributed by atoms with Crippen molar-refractivity contribution in [3.05, 3.63) is 35.4 Å². The van der Waals surface area contributed by atoms with Gasteiger partial charge in [-0.1, -0.05) is 24.3 Å². The first-order valence-corrected chi connectivity index (χ1v) is 10.3. The van der Waals surface area contributed by atoms with E-state index in [1.54, 1.807) is 11.9 Å². The van der Waals surface area contributed by atoms with Gasteiger partial charge in [0.15, 0.2) is 0 Å². The maximum absolute atomic E-state index is 12.8. The zero-order valence-electron chi connectivity index (χ0n) is 19.1. The molecule has 0 saturated heterocycles. The second kappa shape index (κ2) is 10.6. The Kier molecular flexibility index (Phi) is 9.14. The predicted molar refractivity (Wildman–Crippen MR) is 115 cm³/mol. The van der Waals surface area contributed by atoms with Gasteiger partial charge in [0.2, 0.25) is 0 Å². The number of esters is 1. The van der Waals surface area contributed by atoms with Crippen LogP contribution in [0, 0.1) is 5.92 Å². The van der Waals surface area contributed by atoms with Gasteiger partial charge in [0.1, 0.15) is 11.2 Å². The summed E-state index contributed by atoms with van der Waals surface area (Å²) in [5, 5.41) is 0. The van der Waals surface area contributed by atoms with E-state index in [-0.39, 0.29) is 18.0 Å². The van der Waals surface area contributed by atoms with Gasteiger partial charge in [-0.15, -0.1) is 0 Å². The zero-order chi connectivity index (χ0) is 22.2. The lowest BCUT2D eigenvalue weighted by Gasteiger charge is -2.26. The first kappa shape index (κ1) is 25.0. The molecule has 1 aromatic carbocycles. The molecule has 2 N–H and O–H groups in total. The quantitative estimate of drug-likeness (QED) is 0.651. The molecule has 1 atom stereocenters. The summed E-state index contributed by atoms with van der Waals surface area (Å²) in [6, 6.07) is 7.97. The highest BCUT2D eigenvalue weighted by molar-refractivity contribution is 5.73. The average Bonchev–Trinajstić information content (AvgIpc) is 2.57. The highest BCUT2D eigenvalue weighted by atomic mass is 16.6. The second-order valence-corrected chi connectivity index (χ2v) is 9.50. The van der Waals surface area contributed by atoms with Crippen LogP contribution in [0.5, 0.6) is 0 Å². The molecule has 0 spiro atoms. The largest absolute Gasteiger partial charge is 0.460 e. The normalized spacial score (nSPS) is 13.0. The van der Waals surface area contributed by atoms with Gasteiger partial charge in [-0.05, 0) is 71.9 Å². The molecule has 1 unspecified atom stereocenters. The van der Waals surface area contributed by atoms with Gasteiger partial charge in [-0.3, -0.25) is 4.79 Å². The standard InChI is InChI=1S/C23H38N2O4/c1-22(2,3)28-20(26)19(15-17-10-8-11-18(14-17)16-24)12-9-13-25(7)21(27)29-23(4,5)6/h8,10-11,14,19H,9,12-13,15-16,24H2,1-7H3. The summed E-state index contributed by atoms with van der Waals surface area (Å²) in [6.07, 6.45) is 1.52. The molecular formula is C23H38N2O4. The van der Waals surface area contributed by atoms with E-state index in [1.807, 2.05) is 65.8 Å². The number of nitrogens with two attached hydrogens (primary N) is 1. The van der Waals surface area contributed by atoms with Crippen molar-refractivity contribution in [2.45, 2.75) is 78.6 Å². The van der Waals surface area contributed by atoms with Crippen molar-refractivity contribution in [2.75, 3.05) is 13.6 Å². The molecule has 0 aliphatic carbocycles. The molecule has 1 aromatic rings. The highest BCUT2D eigenvalue weighted by Gasteiger charge is 2.26. The monoisotopic (exact) mass is 406 g/mol. The number of amides is 1. The smallest absolute Gasteiger partial charge is 0.410 e. The van der Waals surface area contributed by atoms with Crippen molar-refractivity contribution >= 4 is 12.1 Å². The Morgan fingerprint density at radius 1 is 1.03 bits per heavy atom. The van der Waals surface area contributed by atoms with Crippen molar-refractivity contribution in [1.29, 1.82) is 0 Å². The molecule has 0 aliphatic rings. The fraction of sp³-hybridized carbons (Fsp3) is 0.652. The van der Waals surface area contributed by atoms with Crippen LogP contribution in [0.4, 0.5) is 4.79 Å². The van der Waals surface area contributed by atoms with Crippen LogP contribution in [0.1, 0.15) is 65.5 Å². The molecule has 6 heteroatoms. The molecule has 0 radical (unpaired) electrons. The minimum Gasteiger partial charge on any atom is -0.460 e. The van der Waals surface area contributed by atoms with Crippen molar-refractivity contribution in [2.24, 2.45) is 11.7 Å². The summed E-state index contributed by atoms with van der Waals surface area (Å²) in [5.41, 5.74) is 6.76. The van der Waals surface area contributed by atoms with E-state index >= 15 is 0 Å². The molecule has 0 aromatic heterocycles. The third-order valence-corrected chi connectivity index (χ3v) is 4.20. The van der Waals surface area contributed by atoms with Crippen LogP contribution in [-0.4, -0.2) is 41.8 Å². The number of nitrogens with zero attached hydrogens (tertiary/aromatic N) is 1. The Labute approximate surface area is 175 Å². The van der Waals surface area contributed by atoms with Gasteiger partial charge >= 0.3 is 12.1 Å². The fourth-order valence-electron chi connectivity index (χ4n) is 2.86. The summed E-state index contributed by atoms with van der Waals surface area (Å²) in [7, 11) is 1.71. The number of carbonyl (C=O) groups is 2. The SMILES string of the molecule is CN(CCCC(Cc1cccc(CN)c1)C(=O)OC(C)(C)C)C(=O)OC(C)(C)C. The van der Waals surface area contributed by atoms with Crippen LogP contribution < -0.4 is 5.73 Å². The Hall–Kier alpha value is -2.08. The van der Waals surface area contributed by atoms with Gasteiger partial charge in [-0.2, -0.15) is 0 Å². The molecule has 1 amide bonds. The highest BCUT2D eigenvalue weighted by Crippen LogP contribution is 2.21. The van der Waals surface area contributed by atoms with Gasteiger partial charge in [0, 0.05) is 20.1 Å². The molecule has 0 heterocycles. The first-order valence-electron chi connectivity index (χ1n) is 10.3. The van der Waals surface area contributed by atoms with Crippen LogP contribution in [0.25, 0.3) is 0 Å². The van der Waals surface area contributed by atoms with Crippen LogP contribution in [0.15, 0.2) is 24.3 Å². The Bertz CT molecular complexity index is 674. The van der Waals surface area contributed by atoms with E-state index in [0.29, 0.717) is 32.4 Å². The molecule has 0 bridgehead atoms. The Morgan fingerprint density at radius 3 is 2.17 bits per heavy atom. The van der Waals surface area contributed by atoms with Gasteiger partial charge < -0.3 is 20.1 Å². The summed E-state index contributed by atoms with van der Waals surface area (Å²) in [5.74, 6) is -0.496. The average molecular weight is 407 g/mol. The summed E-state index contributed by atoms with van der Waals surface area (Å²) >= 11 is 0. The number of rotatable bonds is 8. The van der Waals surface area contributed by atoms with Crippen molar-refractivity contribution in [3.8, 4) is 0 Å². The van der Waals surface area contributed by atoms with Gasteiger partial charge in [-0.25, -0.2) is 4.79 Å². The molecule has 29 heavy (non-hydrogen) atoms. The Morgan fingerprint density at radius 2 is 1.62 bits per heavy atom. The molecule has 6 nitrogen and oxygen atoms in total. The van der Waals surface area contributed by atoms with Crippen molar-refractivity contribution in [3.63, 3.8) is 0 Å². The molecule has 164 valence electrons. The maximum atomic E-state index is 12.8. The number of hydrogen-bond donors (Lipinski definition) is 1. The second-order valence-electron chi connectivity index (χ2n) is 9.50. The molecule has 0 fully saturated rings. The van der Waals surface area contributed by atoms with Crippen molar-refractivity contribution in [1.82, 2.24) is 4.90 Å². The van der Waals surface area contributed by atoms with E-state index in [0.717, 1.165) is 11.1 Å². The minimum absolute atomic E-state index is 0.212. The molecule has 1 rings (SSSR count). The summed E-state index contributed by atoms with van der Waals surface area (Å²) in [4.78, 5) is 26.4. The summed E-state index contributed by atoms with van der Waals surface area (Å²) in [6.45, 7) is 12.1. The van der Waals surface area contributed by atoms with Crippen LogP contribution in [0.3, 0.4) is 0 Å². The van der Waals surface area contributed by atoms with Crippen molar-refractivity contribution < 1.29 is 19.1 Å². The number of benzene rings is 1. The van der Waals surface area contributed by atoms with E-state index in [1.165, 1.54) is 0 Å². The van der Waals surface area contributed by atoms with E-state index < -0.39 is 11.2 Å². The lowest BCUT2D eigenvalue weighted by Crippen LogP contribution is -2.35. The predicted octanol–water partition coefficient (Wildman–Crippen LogP) is 4.29. The van der Waals surface area contributed by atoms with Crippen LogP contribution in [-0.2, 0) is 27.2 Å². The topological polar surface area (TPSA) is 81.9 Å². The third-order valence-electron chi connectivity index (χ3n) is 4.20. The van der Waals surface area contributed by atoms with E-state index in [4.69, 9.17) is 15.2 Å². The summed E-state index contributed by atoms with van der Waals surface area (Å²) < 4.78 is 11.0. The molecular weight excluding hydrogens is 368 g/mol. The number of carbonyl (C=O) groups excluding carboxylic acids is 2. The lowest BCUT2D eigenvalue weighted by molar-refractivity contribution is -0.160.